The number of alkyl halides is 1. The van der Waals surface area contributed by atoms with Crippen LogP contribution >= 0.6 is 0 Å². The maximum Gasteiger partial charge on any atom is 0.314 e. The topological polar surface area (TPSA) is 55.8 Å². The van der Waals surface area contributed by atoms with Crippen LogP contribution in [0.4, 0.5) is 4.39 Å². The number of methoxy groups -OCH3 is 2. The summed E-state index contributed by atoms with van der Waals surface area (Å²) in [5, 5.41) is 9.56. The van der Waals surface area contributed by atoms with Crippen molar-refractivity contribution in [2.24, 2.45) is 0 Å². The summed E-state index contributed by atoms with van der Waals surface area (Å²) in [6.45, 7) is 1.42. The first-order chi connectivity index (χ1) is 9.46. The molecule has 0 heterocycles. The molecule has 20 heavy (non-hydrogen) atoms. The molecule has 1 unspecified atom stereocenters. The highest BCUT2D eigenvalue weighted by molar-refractivity contribution is 5.84. The number of carboxylic acids is 1. The van der Waals surface area contributed by atoms with Gasteiger partial charge in [-0.1, -0.05) is 6.42 Å². The minimum absolute atomic E-state index is 0.372. The Labute approximate surface area is 117 Å². The molecule has 1 fully saturated rings. The number of carbonyl (C=O) groups is 1. The van der Waals surface area contributed by atoms with Gasteiger partial charge >= 0.3 is 5.97 Å². The van der Waals surface area contributed by atoms with Crippen molar-refractivity contribution in [2.75, 3.05) is 14.2 Å². The minimum Gasteiger partial charge on any atom is -0.493 e. The number of halogens is 1. The molecule has 1 aliphatic carbocycles. The van der Waals surface area contributed by atoms with Gasteiger partial charge in [0.25, 0.3) is 0 Å². The van der Waals surface area contributed by atoms with E-state index < -0.39 is 17.6 Å². The SMILES string of the molecule is COc1cc(C(C)F)cc(C2(C(=O)O)CCC2)c1OC. The van der Waals surface area contributed by atoms with Crippen LogP contribution in [0.15, 0.2) is 12.1 Å². The van der Waals surface area contributed by atoms with Crippen molar-refractivity contribution in [1.82, 2.24) is 0 Å². The van der Waals surface area contributed by atoms with Crippen molar-refractivity contribution >= 4 is 5.97 Å². The molecule has 0 aliphatic heterocycles. The first-order valence-electron chi connectivity index (χ1n) is 6.60. The molecule has 1 aliphatic rings. The van der Waals surface area contributed by atoms with Crippen LogP contribution in [-0.2, 0) is 10.2 Å². The van der Waals surface area contributed by atoms with Gasteiger partial charge in [-0.05, 0) is 37.5 Å². The van der Waals surface area contributed by atoms with Gasteiger partial charge in [0.2, 0.25) is 0 Å². The number of benzene rings is 1. The fourth-order valence-electron chi connectivity index (χ4n) is 2.70. The Morgan fingerprint density at radius 2 is 2.00 bits per heavy atom. The van der Waals surface area contributed by atoms with Gasteiger partial charge in [-0.15, -0.1) is 0 Å². The molecule has 0 amide bonds. The summed E-state index contributed by atoms with van der Waals surface area (Å²) >= 11 is 0. The van der Waals surface area contributed by atoms with Gasteiger partial charge in [0, 0.05) is 5.56 Å². The highest BCUT2D eigenvalue weighted by Crippen LogP contribution is 2.50. The number of rotatable bonds is 5. The molecular weight excluding hydrogens is 263 g/mol. The van der Waals surface area contributed by atoms with E-state index in [1.807, 2.05) is 0 Å². The normalized spacial score (nSPS) is 18.0. The average Bonchev–Trinajstić information content (AvgIpc) is 2.35. The molecular formula is C15H19FO4. The lowest BCUT2D eigenvalue weighted by atomic mass is 9.64. The van der Waals surface area contributed by atoms with Gasteiger partial charge < -0.3 is 14.6 Å². The summed E-state index contributed by atoms with van der Waals surface area (Å²) in [5.74, 6) is -0.135. The largest absolute Gasteiger partial charge is 0.493 e. The summed E-state index contributed by atoms with van der Waals surface area (Å²) in [5.41, 5.74) is -0.0634. The maximum absolute atomic E-state index is 13.6. The molecule has 0 aromatic heterocycles. The molecule has 0 saturated heterocycles. The second-order valence-corrected chi connectivity index (χ2v) is 5.16. The van der Waals surface area contributed by atoms with Crippen molar-refractivity contribution in [1.29, 1.82) is 0 Å². The molecule has 0 spiro atoms. The Morgan fingerprint density at radius 1 is 1.35 bits per heavy atom. The van der Waals surface area contributed by atoms with Crippen molar-refractivity contribution in [3.05, 3.63) is 23.3 Å². The highest BCUT2D eigenvalue weighted by Gasteiger charge is 2.48. The lowest BCUT2D eigenvalue weighted by Gasteiger charge is -2.39. The highest BCUT2D eigenvalue weighted by atomic mass is 19.1. The Balaban J connectivity index is 2.66. The molecule has 1 aromatic rings. The average molecular weight is 282 g/mol. The molecule has 0 bridgehead atoms. The van der Waals surface area contributed by atoms with Crippen molar-refractivity contribution in [2.45, 2.75) is 37.8 Å². The van der Waals surface area contributed by atoms with E-state index in [4.69, 9.17) is 9.47 Å². The third-order valence-electron chi connectivity index (χ3n) is 4.09. The van der Waals surface area contributed by atoms with Crippen LogP contribution in [0.25, 0.3) is 0 Å². The second-order valence-electron chi connectivity index (χ2n) is 5.16. The monoisotopic (exact) mass is 282 g/mol. The van der Waals surface area contributed by atoms with Gasteiger partial charge in [0.15, 0.2) is 11.5 Å². The van der Waals surface area contributed by atoms with Gasteiger partial charge in [-0.25, -0.2) is 4.39 Å². The molecule has 1 N–H and O–H groups in total. The van der Waals surface area contributed by atoms with E-state index in [1.165, 1.54) is 21.1 Å². The van der Waals surface area contributed by atoms with Crippen LogP contribution in [0.3, 0.4) is 0 Å². The lowest BCUT2D eigenvalue weighted by Crippen LogP contribution is -2.42. The van der Waals surface area contributed by atoms with E-state index in [1.54, 1.807) is 12.1 Å². The number of aliphatic carboxylic acids is 1. The summed E-state index contributed by atoms with van der Waals surface area (Å²) < 4.78 is 24.2. The fourth-order valence-corrected chi connectivity index (χ4v) is 2.70. The van der Waals surface area contributed by atoms with Crippen molar-refractivity contribution in [3.8, 4) is 11.5 Å². The first-order valence-corrected chi connectivity index (χ1v) is 6.60. The Hall–Kier alpha value is -1.78. The predicted octanol–water partition coefficient (Wildman–Crippen LogP) is 3.24. The van der Waals surface area contributed by atoms with Gasteiger partial charge in [0.05, 0.1) is 19.6 Å². The van der Waals surface area contributed by atoms with Crippen LogP contribution in [0, 0.1) is 0 Å². The zero-order valence-corrected chi connectivity index (χ0v) is 11.9. The summed E-state index contributed by atoms with van der Waals surface area (Å²) in [6.07, 6.45) is 0.713. The van der Waals surface area contributed by atoms with Gasteiger partial charge in [-0.3, -0.25) is 4.79 Å². The Morgan fingerprint density at radius 3 is 2.35 bits per heavy atom. The molecule has 1 atom stereocenters. The van der Waals surface area contributed by atoms with Crippen molar-refractivity contribution in [3.63, 3.8) is 0 Å². The number of ether oxygens (including phenoxy) is 2. The molecule has 110 valence electrons. The summed E-state index contributed by atoms with van der Waals surface area (Å²) in [6, 6.07) is 3.15. The van der Waals surface area contributed by atoms with Crippen LogP contribution in [0.5, 0.6) is 11.5 Å². The van der Waals surface area contributed by atoms with E-state index in [9.17, 15) is 14.3 Å². The smallest absolute Gasteiger partial charge is 0.314 e. The summed E-state index contributed by atoms with van der Waals surface area (Å²) in [7, 11) is 2.93. The van der Waals surface area contributed by atoms with E-state index in [-0.39, 0.29) is 0 Å². The Kier molecular flexibility index (Phi) is 3.88. The molecule has 4 nitrogen and oxygen atoms in total. The quantitative estimate of drug-likeness (QED) is 0.900. The molecule has 5 heteroatoms. The summed E-state index contributed by atoms with van der Waals surface area (Å²) in [4.78, 5) is 11.7. The van der Waals surface area contributed by atoms with Gasteiger partial charge in [0.1, 0.15) is 6.17 Å². The van der Waals surface area contributed by atoms with E-state index >= 15 is 0 Å². The first kappa shape index (κ1) is 14.6. The molecule has 0 radical (unpaired) electrons. The third-order valence-corrected chi connectivity index (χ3v) is 4.09. The maximum atomic E-state index is 13.6. The van der Waals surface area contributed by atoms with Gasteiger partial charge in [-0.2, -0.15) is 0 Å². The second kappa shape index (κ2) is 5.31. The van der Waals surface area contributed by atoms with Crippen LogP contribution in [0.1, 0.15) is 43.5 Å². The minimum atomic E-state index is -1.19. The number of hydrogen-bond donors (Lipinski definition) is 1. The standard InChI is InChI=1S/C15H19FO4/c1-9(16)10-7-11(13(20-3)12(8-10)19-2)15(14(17)18)5-4-6-15/h7-9H,4-6H2,1-3H3,(H,17,18). The fraction of sp³-hybridized carbons (Fsp3) is 0.533. The van der Waals surface area contributed by atoms with Crippen molar-refractivity contribution < 1.29 is 23.8 Å². The Bertz CT molecular complexity index is 521. The van der Waals surface area contributed by atoms with E-state index in [2.05, 4.69) is 0 Å². The molecule has 1 saturated carbocycles. The van der Waals surface area contributed by atoms with Crippen LogP contribution in [0.2, 0.25) is 0 Å². The van der Waals surface area contributed by atoms with E-state index in [0.717, 1.165) is 6.42 Å². The zero-order chi connectivity index (χ0) is 14.9. The van der Waals surface area contributed by atoms with E-state index in [0.29, 0.717) is 35.5 Å². The van der Waals surface area contributed by atoms with Crippen LogP contribution in [-0.4, -0.2) is 25.3 Å². The molecule has 2 rings (SSSR count). The number of carboxylic acid groups (broad SMARTS) is 1. The third kappa shape index (κ3) is 2.11. The predicted molar refractivity (Wildman–Crippen MR) is 72.2 cm³/mol. The molecule has 1 aromatic carbocycles. The lowest BCUT2D eigenvalue weighted by molar-refractivity contribution is -0.147. The van der Waals surface area contributed by atoms with Crippen LogP contribution < -0.4 is 9.47 Å². The number of hydrogen-bond acceptors (Lipinski definition) is 3. The zero-order valence-electron chi connectivity index (χ0n) is 11.9.